The molecule has 1 N–H and O–H groups in total. The van der Waals surface area contributed by atoms with E-state index in [1.807, 2.05) is 6.92 Å². The zero-order chi connectivity index (χ0) is 20.9. The maximum absolute atomic E-state index is 10.4. The van der Waals surface area contributed by atoms with Crippen LogP contribution in [0.3, 0.4) is 0 Å². The minimum Gasteiger partial charge on any atom is -0.393 e. The van der Waals surface area contributed by atoms with Gasteiger partial charge in [-0.3, -0.25) is 0 Å². The normalized spacial score (nSPS) is 46.5. The fourth-order valence-electron chi connectivity index (χ4n) is 8.86. The first-order chi connectivity index (χ1) is 14.4. The molecule has 1 aromatic carbocycles. The van der Waals surface area contributed by atoms with Gasteiger partial charge in [-0.05, 0) is 118 Å². The van der Waals surface area contributed by atoms with Crippen molar-refractivity contribution in [3.05, 3.63) is 35.9 Å². The Hall–Kier alpha value is -0.860. The lowest BCUT2D eigenvalue weighted by Gasteiger charge is -2.57. The molecule has 0 heterocycles. The monoisotopic (exact) mass is 410 g/mol. The number of ether oxygens (including phenoxy) is 1. The van der Waals surface area contributed by atoms with Gasteiger partial charge in [-0.15, -0.1) is 0 Å². The second-order valence-electron chi connectivity index (χ2n) is 11.9. The van der Waals surface area contributed by atoms with E-state index in [0.717, 1.165) is 36.2 Å². The van der Waals surface area contributed by atoms with E-state index in [4.69, 9.17) is 4.74 Å². The molecule has 2 nitrogen and oxygen atoms in total. The van der Waals surface area contributed by atoms with E-state index in [0.29, 0.717) is 11.3 Å². The summed E-state index contributed by atoms with van der Waals surface area (Å²) in [6.45, 7) is 7.70. The minimum absolute atomic E-state index is 0.0534. The number of aliphatic hydroxyl groups excluding tert-OH is 1. The van der Waals surface area contributed by atoms with Gasteiger partial charge in [0.2, 0.25) is 0 Å². The average molecular weight is 411 g/mol. The maximum atomic E-state index is 10.4. The standard InChI is InChI=1S/C28H42O2/c1-19(29)25-11-12-26-24-10-9-21-17-27(2,30-18-20-7-5-4-6-8-20)15-13-22(21)23(24)14-16-28(25,26)3/h4-8,19,21-26,29H,9-18H2,1-3H3/t19?,21-,22+,23-,24-,25-,26+,27-,28-/m1/s1. The molecular weight excluding hydrogens is 368 g/mol. The van der Waals surface area contributed by atoms with Crippen LogP contribution in [0, 0.1) is 40.9 Å². The third-order valence-corrected chi connectivity index (χ3v) is 10.3. The largest absolute Gasteiger partial charge is 0.393 e. The fraction of sp³-hybridized carbons (Fsp3) is 0.786. The highest BCUT2D eigenvalue weighted by Crippen LogP contribution is 2.65. The lowest BCUT2D eigenvalue weighted by molar-refractivity contribution is -0.132. The molecule has 0 aliphatic heterocycles. The van der Waals surface area contributed by atoms with Crippen LogP contribution < -0.4 is 0 Å². The molecule has 4 aliphatic carbocycles. The van der Waals surface area contributed by atoms with Crippen LogP contribution in [-0.2, 0) is 11.3 Å². The summed E-state index contributed by atoms with van der Waals surface area (Å²) < 4.78 is 6.54. The van der Waals surface area contributed by atoms with E-state index in [2.05, 4.69) is 44.2 Å². The Morgan fingerprint density at radius 2 is 1.70 bits per heavy atom. The van der Waals surface area contributed by atoms with Crippen LogP contribution >= 0.6 is 0 Å². The van der Waals surface area contributed by atoms with Gasteiger partial charge in [-0.2, -0.15) is 0 Å². The van der Waals surface area contributed by atoms with Crippen LogP contribution in [0.25, 0.3) is 0 Å². The van der Waals surface area contributed by atoms with Gasteiger partial charge in [0.15, 0.2) is 0 Å². The summed E-state index contributed by atoms with van der Waals surface area (Å²) in [5.74, 6) is 5.03. The SMILES string of the molecule is CC(O)[C@H]1CC[C@H]2[C@@H]3CC[C@@H]4C[C@](C)(OCc5ccccc5)CC[C@@H]4[C@H]3CC[C@]12C. The van der Waals surface area contributed by atoms with Gasteiger partial charge in [0.25, 0.3) is 0 Å². The molecule has 166 valence electrons. The Morgan fingerprint density at radius 3 is 2.47 bits per heavy atom. The number of benzene rings is 1. The van der Waals surface area contributed by atoms with Crippen molar-refractivity contribution in [2.45, 2.75) is 96.9 Å². The van der Waals surface area contributed by atoms with E-state index < -0.39 is 0 Å². The zero-order valence-corrected chi connectivity index (χ0v) is 19.4. The molecular formula is C28H42O2. The Morgan fingerprint density at radius 1 is 0.933 bits per heavy atom. The van der Waals surface area contributed by atoms with E-state index >= 15 is 0 Å². The summed E-state index contributed by atoms with van der Waals surface area (Å²) in [6, 6.07) is 10.7. The number of rotatable bonds is 4. The van der Waals surface area contributed by atoms with E-state index in [1.165, 1.54) is 63.4 Å². The second-order valence-corrected chi connectivity index (χ2v) is 11.9. The van der Waals surface area contributed by atoms with Crippen molar-refractivity contribution < 1.29 is 9.84 Å². The smallest absolute Gasteiger partial charge is 0.0724 e. The lowest BCUT2D eigenvalue weighted by atomic mass is 9.49. The number of fused-ring (bicyclic) bond motifs is 5. The third-order valence-electron chi connectivity index (χ3n) is 10.3. The van der Waals surface area contributed by atoms with Gasteiger partial charge < -0.3 is 9.84 Å². The van der Waals surface area contributed by atoms with Crippen LogP contribution in [0.5, 0.6) is 0 Å². The van der Waals surface area contributed by atoms with Gasteiger partial charge in [0.05, 0.1) is 18.3 Å². The number of aliphatic hydroxyl groups is 1. The van der Waals surface area contributed by atoms with E-state index in [1.54, 1.807) is 0 Å². The maximum Gasteiger partial charge on any atom is 0.0724 e. The average Bonchev–Trinajstić information content (AvgIpc) is 3.10. The Kier molecular flexibility index (Phi) is 5.55. The van der Waals surface area contributed by atoms with Crippen LogP contribution in [0.15, 0.2) is 30.3 Å². The van der Waals surface area contributed by atoms with Gasteiger partial charge in [-0.1, -0.05) is 37.3 Å². The highest BCUT2D eigenvalue weighted by molar-refractivity contribution is 5.14. The molecule has 5 rings (SSSR count). The van der Waals surface area contributed by atoms with Crippen molar-refractivity contribution in [3.8, 4) is 0 Å². The second kappa shape index (κ2) is 7.93. The molecule has 0 saturated heterocycles. The van der Waals surface area contributed by atoms with E-state index in [9.17, 15) is 5.11 Å². The van der Waals surface area contributed by atoms with Gasteiger partial charge in [0, 0.05) is 0 Å². The molecule has 0 spiro atoms. The molecule has 4 saturated carbocycles. The van der Waals surface area contributed by atoms with Gasteiger partial charge >= 0.3 is 0 Å². The molecule has 0 radical (unpaired) electrons. The van der Waals surface area contributed by atoms with Gasteiger partial charge in [0.1, 0.15) is 0 Å². The predicted molar refractivity (Wildman–Crippen MR) is 122 cm³/mol. The lowest BCUT2D eigenvalue weighted by Crippen LogP contribution is -2.51. The van der Waals surface area contributed by atoms with Crippen molar-refractivity contribution >= 4 is 0 Å². The summed E-state index contributed by atoms with van der Waals surface area (Å²) in [5, 5.41) is 10.4. The van der Waals surface area contributed by atoms with Crippen molar-refractivity contribution in [2.24, 2.45) is 40.9 Å². The third kappa shape index (κ3) is 3.56. The molecule has 9 atom stereocenters. The molecule has 1 unspecified atom stereocenters. The molecule has 4 aliphatic rings. The first-order valence-corrected chi connectivity index (χ1v) is 12.8. The van der Waals surface area contributed by atoms with Crippen LogP contribution in [0.2, 0.25) is 0 Å². The molecule has 0 bridgehead atoms. The molecule has 30 heavy (non-hydrogen) atoms. The van der Waals surface area contributed by atoms with Crippen molar-refractivity contribution in [1.29, 1.82) is 0 Å². The first kappa shape index (κ1) is 21.0. The van der Waals surface area contributed by atoms with Crippen molar-refractivity contribution in [2.75, 3.05) is 0 Å². The molecule has 1 aromatic rings. The number of hydrogen-bond acceptors (Lipinski definition) is 2. The fourth-order valence-corrected chi connectivity index (χ4v) is 8.86. The van der Waals surface area contributed by atoms with Gasteiger partial charge in [-0.25, -0.2) is 0 Å². The molecule has 0 amide bonds. The summed E-state index contributed by atoms with van der Waals surface area (Å²) >= 11 is 0. The molecule has 2 heteroatoms. The molecule has 4 fully saturated rings. The Balaban J connectivity index is 1.25. The van der Waals surface area contributed by atoms with Crippen LogP contribution in [0.1, 0.15) is 84.1 Å². The highest BCUT2D eigenvalue weighted by Gasteiger charge is 2.58. The van der Waals surface area contributed by atoms with E-state index in [-0.39, 0.29) is 11.7 Å². The van der Waals surface area contributed by atoms with Crippen molar-refractivity contribution in [1.82, 2.24) is 0 Å². The molecule has 0 aromatic heterocycles. The summed E-state index contributed by atoms with van der Waals surface area (Å²) in [6.07, 6.45) is 11.9. The minimum atomic E-state index is -0.134. The summed E-state index contributed by atoms with van der Waals surface area (Å²) in [5.41, 5.74) is 1.74. The Bertz CT molecular complexity index is 729. The Labute approximate surface area is 183 Å². The number of hydrogen-bond donors (Lipinski definition) is 1. The van der Waals surface area contributed by atoms with Crippen molar-refractivity contribution in [3.63, 3.8) is 0 Å². The topological polar surface area (TPSA) is 29.5 Å². The van der Waals surface area contributed by atoms with Crippen LogP contribution in [0.4, 0.5) is 0 Å². The first-order valence-electron chi connectivity index (χ1n) is 12.8. The van der Waals surface area contributed by atoms with Crippen LogP contribution in [-0.4, -0.2) is 16.8 Å². The zero-order valence-electron chi connectivity index (χ0n) is 19.4. The highest BCUT2D eigenvalue weighted by atomic mass is 16.5. The summed E-state index contributed by atoms with van der Waals surface area (Å²) in [4.78, 5) is 0. The quantitative estimate of drug-likeness (QED) is 0.605. The summed E-state index contributed by atoms with van der Waals surface area (Å²) in [7, 11) is 0. The predicted octanol–water partition coefficient (Wildman–Crippen LogP) is 6.61.